The van der Waals surface area contributed by atoms with E-state index >= 15 is 0 Å². The first-order chi connectivity index (χ1) is 9.60. The Morgan fingerprint density at radius 3 is 2.48 bits per heavy atom. The molecule has 0 radical (unpaired) electrons. The van der Waals surface area contributed by atoms with E-state index in [4.69, 9.17) is 15.4 Å². The molecule has 0 amide bonds. The van der Waals surface area contributed by atoms with Crippen molar-refractivity contribution >= 4 is 25.4 Å². The van der Waals surface area contributed by atoms with Crippen molar-refractivity contribution in [1.82, 2.24) is 0 Å². The molecule has 1 atom stereocenters. The van der Waals surface area contributed by atoms with E-state index in [1.807, 2.05) is 13.8 Å². The quantitative estimate of drug-likeness (QED) is 0.433. The van der Waals surface area contributed by atoms with Gasteiger partial charge in [-0.2, -0.15) is 4.39 Å². The molecule has 0 N–H and O–H groups in total. The number of halogens is 2. The summed E-state index contributed by atoms with van der Waals surface area (Å²) in [4.78, 5) is 9.65. The van der Waals surface area contributed by atoms with Gasteiger partial charge in [-0.25, -0.2) is 8.42 Å². The molecule has 1 aromatic rings. The van der Waals surface area contributed by atoms with Crippen molar-refractivity contribution in [2.75, 3.05) is 12.4 Å². The second-order valence-electron chi connectivity index (χ2n) is 4.89. The number of hydrogen-bond acceptors (Lipinski definition) is 5. The first-order valence-electron chi connectivity index (χ1n) is 6.09. The van der Waals surface area contributed by atoms with E-state index in [9.17, 15) is 22.9 Å². The molecule has 0 aliphatic carbocycles. The van der Waals surface area contributed by atoms with Crippen LogP contribution in [0.3, 0.4) is 0 Å². The molecule has 0 fully saturated rings. The minimum Gasteiger partial charge on any atom is -0.493 e. The second kappa shape index (κ2) is 7.04. The van der Waals surface area contributed by atoms with E-state index in [0.29, 0.717) is 0 Å². The van der Waals surface area contributed by atoms with Gasteiger partial charge in [0.15, 0.2) is 0 Å². The zero-order valence-corrected chi connectivity index (χ0v) is 13.0. The smallest absolute Gasteiger partial charge is 0.305 e. The van der Waals surface area contributed by atoms with Gasteiger partial charge in [0.25, 0.3) is 0 Å². The number of nitro groups is 1. The highest BCUT2D eigenvalue weighted by atomic mass is 35.7. The largest absolute Gasteiger partial charge is 0.493 e. The Morgan fingerprint density at radius 2 is 2.05 bits per heavy atom. The van der Waals surface area contributed by atoms with Gasteiger partial charge >= 0.3 is 5.69 Å². The second-order valence-corrected chi connectivity index (χ2v) is 7.71. The van der Waals surface area contributed by atoms with Crippen LogP contribution in [-0.4, -0.2) is 25.7 Å². The van der Waals surface area contributed by atoms with E-state index in [1.54, 1.807) is 0 Å². The Kier molecular flexibility index (Phi) is 5.91. The molecular formula is C12H15ClFNO5S. The average molecular weight is 340 g/mol. The molecule has 9 heteroatoms. The number of rotatable bonds is 7. The van der Waals surface area contributed by atoms with Crippen LogP contribution < -0.4 is 4.74 Å². The molecule has 0 saturated carbocycles. The molecule has 0 heterocycles. The fourth-order valence-electron chi connectivity index (χ4n) is 1.62. The molecular weight excluding hydrogens is 325 g/mol. The number of hydrogen-bond donors (Lipinski definition) is 0. The lowest BCUT2D eigenvalue weighted by Crippen LogP contribution is -2.24. The summed E-state index contributed by atoms with van der Waals surface area (Å²) >= 11 is 0. The van der Waals surface area contributed by atoms with Gasteiger partial charge in [0.1, 0.15) is 5.75 Å². The molecule has 0 aromatic heterocycles. The van der Waals surface area contributed by atoms with Gasteiger partial charge < -0.3 is 4.74 Å². The number of ether oxygens (including phenoxy) is 1. The van der Waals surface area contributed by atoms with Gasteiger partial charge in [-0.05, 0) is 12.0 Å². The molecule has 1 unspecified atom stereocenters. The van der Waals surface area contributed by atoms with Gasteiger partial charge in [-0.3, -0.25) is 10.1 Å². The first kappa shape index (κ1) is 17.6. The van der Waals surface area contributed by atoms with Crippen LogP contribution in [0.15, 0.2) is 18.2 Å². The third kappa shape index (κ3) is 5.84. The summed E-state index contributed by atoms with van der Waals surface area (Å²) in [5, 5.41) is 10.5. The van der Waals surface area contributed by atoms with Crippen molar-refractivity contribution in [3.05, 3.63) is 34.1 Å². The Hall–Kier alpha value is -1.41. The topological polar surface area (TPSA) is 86.5 Å². The van der Waals surface area contributed by atoms with Crippen molar-refractivity contribution < 1.29 is 22.5 Å². The first-order valence-corrected chi connectivity index (χ1v) is 8.57. The zero-order chi connectivity index (χ0) is 16.2. The van der Waals surface area contributed by atoms with Crippen molar-refractivity contribution in [3.63, 3.8) is 0 Å². The zero-order valence-electron chi connectivity index (χ0n) is 11.5. The van der Waals surface area contributed by atoms with Crippen LogP contribution in [0.25, 0.3) is 0 Å². The van der Waals surface area contributed by atoms with Crippen molar-refractivity contribution in [1.29, 1.82) is 0 Å². The Balaban J connectivity index is 2.77. The van der Waals surface area contributed by atoms with E-state index in [2.05, 4.69) is 0 Å². The van der Waals surface area contributed by atoms with Crippen LogP contribution in [0.1, 0.15) is 13.8 Å². The molecule has 118 valence electrons. The lowest BCUT2D eigenvalue weighted by atomic mass is 9.99. The molecule has 21 heavy (non-hydrogen) atoms. The maximum absolute atomic E-state index is 13.4. The van der Waals surface area contributed by atoms with Crippen LogP contribution in [0, 0.1) is 27.8 Å². The minimum atomic E-state index is -3.67. The number of nitrogens with zero attached hydrogens (tertiary/aromatic N) is 1. The van der Waals surface area contributed by atoms with Crippen molar-refractivity contribution in [2.24, 2.45) is 11.8 Å². The summed E-state index contributed by atoms with van der Waals surface area (Å²) in [7, 11) is 1.55. The molecule has 1 rings (SSSR count). The third-order valence-corrected chi connectivity index (χ3v) is 4.14. The Bertz CT molecular complexity index is 620. The van der Waals surface area contributed by atoms with Gasteiger partial charge in [-0.1, -0.05) is 13.8 Å². The molecule has 0 saturated heterocycles. The maximum atomic E-state index is 13.4. The van der Waals surface area contributed by atoms with E-state index in [1.165, 1.54) is 6.07 Å². The Labute approximate surface area is 126 Å². The standard InChI is InChI=1S/C12H15ClFNO5S/c1-8(2)9(7-21(13,18)19)6-20-10-3-4-12(15(16)17)11(14)5-10/h3-5,8-9H,6-7H2,1-2H3. The Morgan fingerprint density at radius 1 is 1.43 bits per heavy atom. The van der Waals surface area contributed by atoms with Crippen LogP contribution >= 0.6 is 10.7 Å². The van der Waals surface area contributed by atoms with Gasteiger partial charge in [0.05, 0.1) is 17.3 Å². The predicted octanol–water partition coefficient (Wildman–Crippen LogP) is 2.95. The van der Waals surface area contributed by atoms with Crippen LogP contribution in [0.5, 0.6) is 5.75 Å². The summed E-state index contributed by atoms with van der Waals surface area (Å²) in [5.41, 5.74) is -0.647. The molecule has 0 bridgehead atoms. The predicted molar refractivity (Wildman–Crippen MR) is 76.5 cm³/mol. The third-order valence-electron chi connectivity index (χ3n) is 2.94. The van der Waals surface area contributed by atoms with Crippen LogP contribution in [0.4, 0.5) is 10.1 Å². The SMILES string of the molecule is CC(C)C(COc1ccc([N+](=O)[O-])c(F)c1)CS(=O)(=O)Cl. The van der Waals surface area contributed by atoms with Crippen molar-refractivity contribution in [2.45, 2.75) is 13.8 Å². The van der Waals surface area contributed by atoms with E-state index in [-0.39, 0.29) is 29.9 Å². The highest BCUT2D eigenvalue weighted by Gasteiger charge is 2.22. The fourth-order valence-corrected chi connectivity index (χ4v) is 3.10. The molecule has 0 aliphatic rings. The molecule has 0 aliphatic heterocycles. The maximum Gasteiger partial charge on any atom is 0.305 e. The van der Waals surface area contributed by atoms with Crippen LogP contribution in [0.2, 0.25) is 0 Å². The highest BCUT2D eigenvalue weighted by molar-refractivity contribution is 8.13. The summed E-state index contributed by atoms with van der Waals surface area (Å²) in [6.07, 6.45) is 0. The lowest BCUT2D eigenvalue weighted by Gasteiger charge is -2.19. The molecule has 0 spiro atoms. The van der Waals surface area contributed by atoms with Crippen LogP contribution in [-0.2, 0) is 9.05 Å². The summed E-state index contributed by atoms with van der Waals surface area (Å²) < 4.78 is 40.9. The van der Waals surface area contributed by atoms with Gasteiger partial charge in [-0.15, -0.1) is 0 Å². The molecule has 6 nitrogen and oxygen atoms in total. The minimum absolute atomic E-state index is 0.0126. The van der Waals surface area contributed by atoms with Gasteiger partial charge in [0, 0.05) is 28.7 Å². The normalized spacial score (nSPS) is 13.2. The monoisotopic (exact) mass is 339 g/mol. The van der Waals surface area contributed by atoms with E-state index in [0.717, 1.165) is 12.1 Å². The van der Waals surface area contributed by atoms with Gasteiger partial charge in [0.2, 0.25) is 14.9 Å². The average Bonchev–Trinajstić information content (AvgIpc) is 2.32. The lowest BCUT2D eigenvalue weighted by molar-refractivity contribution is -0.387. The summed E-state index contributed by atoms with van der Waals surface area (Å²) in [6.45, 7) is 3.64. The fraction of sp³-hybridized carbons (Fsp3) is 0.500. The summed E-state index contributed by atoms with van der Waals surface area (Å²) in [5.74, 6) is -1.56. The highest BCUT2D eigenvalue weighted by Crippen LogP contribution is 2.24. The number of nitro benzene ring substituents is 1. The molecule has 1 aromatic carbocycles. The number of benzene rings is 1. The summed E-state index contributed by atoms with van der Waals surface area (Å²) in [6, 6.07) is 3.14. The van der Waals surface area contributed by atoms with E-state index < -0.39 is 25.5 Å². The van der Waals surface area contributed by atoms with Crippen molar-refractivity contribution in [3.8, 4) is 5.75 Å².